The van der Waals surface area contributed by atoms with E-state index in [0.717, 1.165) is 5.56 Å². The lowest BCUT2D eigenvalue weighted by molar-refractivity contribution is 0.629. The average Bonchev–Trinajstić information content (AvgIpc) is 2.47. The van der Waals surface area contributed by atoms with Crippen molar-refractivity contribution in [2.75, 3.05) is 0 Å². The summed E-state index contributed by atoms with van der Waals surface area (Å²) in [6.07, 6.45) is 0. The van der Waals surface area contributed by atoms with Gasteiger partial charge in [0.2, 0.25) is 0 Å². The van der Waals surface area contributed by atoms with Crippen LogP contribution in [0.2, 0.25) is 13.1 Å². The van der Waals surface area contributed by atoms with Crippen LogP contribution in [0.1, 0.15) is 5.56 Å². The van der Waals surface area contributed by atoms with Crippen LogP contribution in [0.4, 0.5) is 4.39 Å². The fraction of sp³-hybridized carbons (Fsp3) is 0.200. The predicted molar refractivity (Wildman–Crippen MR) is 73.3 cm³/mol. The lowest BCUT2D eigenvalue weighted by atomic mass is 10.0. The average molecular weight is 242 g/mol. The topological polar surface area (TPSA) is 0 Å². The second-order valence-electron chi connectivity index (χ2n) is 5.36. The van der Waals surface area contributed by atoms with Crippen LogP contribution in [0, 0.1) is 12.7 Å². The SMILES string of the molecule is Cc1ccc2c(c1)-c1cc(F)ccc1[Si]2(C)C. The van der Waals surface area contributed by atoms with Crippen LogP contribution in [0.5, 0.6) is 0 Å². The summed E-state index contributed by atoms with van der Waals surface area (Å²) in [4.78, 5) is 0. The lowest BCUT2D eigenvalue weighted by Crippen LogP contribution is -2.49. The molecule has 0 atom stereocenters. The smallest absolute Gasteiger partial charge is 0.123 e. The number of benzene rings is 2. The maximum atomic E-state index is 13.4. The Kier molecular flexibility index (Phi) is 2.08. The quantitative estimate of drug-likeness (QED) is 0.623. The van der Waals surface area contributed by atoms with E-state index < -0.39 is 8.07 Å². The van der Waals surface area contributed by atoms with Crippen LogP contribution >= 0.6 is 0 Å². The van der Waals surface area contributed by atoms with Gasteiger partial charge in [0.05, 0.1) is 0 Å². The lowest BCUT2D eigenvalue weighted by Gasteiger charge is -2.18. The number of fused-ring (bicyclic) bond motifs is 3. The minimum atomic E-state index is -1.59. The third-order valence-corrected chi connectivity index (χ3v) is 7.36. The van der Waals surface area contributed by atoms with E-state index in [0.29, 0.717) is 0 Å². The van der Waals surface area contributed by atoms with Crippen LogP contribution in [-0.2, 0) is 0 Å². The Bertz CT molecular complexity index is 561. The minimum absolute atomic E-state index is 0.136. The van der Waals surface area contributed by atoms with Crippen LogP contribution in [0.15, 0.2) is 36.4 Å². The molecule has 3 rings (SSSR count). The molecule has 2 aromatic carbocycles. The Morgan fingerprint density at radius 2 is 1.47 bits per heavy atom. The predicted octanol–water partition coefficient (Wildman–Crippen LogP) is 2.94. The summed E-state index contributed by atoms with van der Waals surface area (Å²) in [5.41, 5.74) is 3.60. The fourth-order valence-corrected chi connectivity index (χ4v) is 5.91. The molecule has 2 heteroatoms. The van der Waals surface area contributed by atoms with Crippen molar-refractivity contribution in [2.45, 2.75) is 20.0 Å². The monoisotopic (exact) mass is 242 g/mol. The molecular weight excluding hydrogens is 227 g/mol. The number of halogens is 1. The second-order valence-corrected chi connectivity index (χ2v) is 9.69. The maximum Gasteiger partial charge on any atom is 0.123 e. The van der Waals surface area contributed by atoms with Crippen molar-refractivity contribution < 1.29 is 4.39 Å². The first-order valence-corrected chi connectivity index (χ1v) is 8.92. The molecule has 17 heavy (non-hydrogen) atoms. The molecule has 0 unspecified atom stereocenters. The molecule has 0 amide bonds. The molecule has 2 aromatic rings. The number of aryl methyl sites for hydroxylation is 1. The molecule has 0 aromatic heterocycles. The Morgan fingerprint density at radius 1 is 0.882 bits per heavy atom. The Morgan fingerprint density at radius 3 is 2.18 bits per heavy atom. The molecule has 1 heterocycles. The molecule has 0 bridgehead atoms. The molecule has 0 saturated carbocycles. The molecule has 1 aliphatic rings. The van der Waals surface area contributed by atoms with Gasteiger partial charge in [0.1, 0.15) is 13.9 Å². The summed E-state index contributed by atoms with van der Waals surface area (Å²) in [6, 6.07) is 11.8. The van der Waals surface area contributed by atoms with E-state index in [1.165, 1.54) is 21.5 Å². The van der Waals surface area contributed by atoms with E-state index in [1.807, 2.05) is 6.07 Å². The van der Waals surface area contributed by atoms with Gasteiger partial charge >= 0.3 is 0 Å². The zero-order valence-corrected chi connectivity index (χ0v) is 11.3. The van der Waals surface area contributed by atoms with Crippen molar-refractivity contribution in [3.63, 3.8) is 0 Å². The Labute approximate surface area is 102 Å². The molecule has 0 saturated heterocycles. The van der Waals surface area contributed by atoms with Crippen molar-refractivity contribution in [2.24, 2.45) is 0 Å². The maximum absolute atomic E-state index is 13.4. The summed E-state index contributed by atoms with van der Waals surface area (Å²) in [7, 11) is -1.59. The van der Waals surface area contributed by atoms with Gasteiger partial charge in [0.15, 0.2) is 0 Å². The third kappa shape index (κ3) is 1.40. The summed E-state index contributed by atoms with van der Waals surface area (Å²) < 4.78 is 13.4. The van der Waals surface area contributed by atoms with Gasteiger partial charge in [0.25, 0.3) is 0 Å². The van der Waals surface area contributed by atoms with E-state index in [4.69, 9.17) is 0 Å². The summed E-state index contributed by atoms with van der Waals surface area (Å²) >= 11 is 0. The summed E-state index contributed by atoms with van der Waals surface area (Å²) in [5.74, 6) is -0.136. The largest absolute Gasteiger partial charge is 0.207 e. The van der Waals surface area contributed by atoms with Crippen molar-refractivity contribution in [1.29, 1.82) is 0 Å². The first-order valence-electron chi connectivity index (χ1n) is 5.92. The van der Waals surface area contributed by atoms with Gasteiger partial charge in [-0.2, -0.15) is 0 Å². The fourth-order valence-electron chi connectivity index (χ4n) is 2.86. The zero-order chi connectivity index (χ0) is 12.2. The molecule has 0 nitrogen and oxygen atoms in total. The van der Waals surface area contributed by atoms with Crippen LogP contribution in [0.3, 0.4) is 0 Å². The van der Waals surface area contributed by atoms with Crippen molar-refractivity contribution >= 4 is 18.4 Å². The zero-order valence-electron chi connectivity index (χ0n) is 10.3. The van der Waals surface area contributed by atoms with Crippen LogP contribution in [-0.4, -0.2) is 8.07 Å². The molecular formula is C15H15FSi. The van der Waals surface area contributed by atoms with Crippen molar-refractivity contribution in [3.8, 4) is 11.1 Å². The molecule has 0 radical (unpaired) electrons. The Hall–Kier alpha value is -1.41. The van der Waals surface area contributed by atoms with Gasteiger partial charge in [-0.05, 0) is 40.6 Å². The van der Waals surface area contributed by atoms with Gasteiger partial charge in [-0.25, -0.2) is 4.39 Å². The van der Waals surface area contributed by atoms with Gasteiger partial charge in [0, 0.05) is 0 Å². The second kappa shape index (κ2) is 3.30. The molecule has 86 valence electrons. The van der Waals surface area contributed by atoms with E-state index in [1.54, 1.807) is 12.1 Å². The third-order valence-electron chi connectivity index (χ3n) is 3.79. The number of rotatable bonds is 0. The molecule has 1 aliphatic heterocycles. The van der Waals surface area contributed by atoms with Gasteiger partial charge in [-0.3, -0.25) is 0 Å². The first-order chi connectivity index (χ1) is 8.00. The van der Waals surface area contributed by atoms with E-state index >= 15 is 0 Å². The summed E-state index contributed by atoms with van der Waals surface area (Å²) in [5, 5.41) is 2.79. The number of hydrogen-bond acceptors (Lipinski definition) is 0. The van der Waals surface area contributed by atoms with E-state index in [9.17, 15) is 4.39 Å². The summed E-state index contributed by atoms with van der Waals surface area (Å²) in [6.45, 7) is 6.77. The van der Waals surface area contributed by atoms with Crippen LogP contribution in [0.25, 0.3) is 11.1 Å². The van der Waals surface area contributed by atoms with Gasteiger partial charge < -0.3 is 0 Å². The molecule has 0 aliphatic carbocycles. The molecule has 0 fully saturated rings. The van der Waals surface area contributed by atoms with Crippen molar-refractivity contribution in [1.82, 2.24) is 0 Å². The standard InChI is InChI=1S/C15H15FSi/c1-10-4-6-14-12(8-10)13-9-11(16)5-7-15(13)17(14,2)3/h4-9H,1-3H3. The van der Waals surface area contributed by atoms with Gasteiger partial charge in [-0.15, -0.1) is 0 Å². The van der Waals surface area contributed by atoms with Crippen LogP contribution < -0.4 is 10.4 Å². The molecule has 0 N–H and O–H groups in total. The Balaban J connectivity index is 2.39. The van der Waals surface area contributed by atoms with E-state index in [-0.39, 0.29) is 5.82 Å². The highest BCUT2D eigenvalue weighted by atomic mass is 28.3. The first kappa shape index (κ1) is 10.7. The normalized spacial score (nSPS) is 15.5. The van der Waals surface area contributed by atoms with Crippen molar-refractivity contribution in [3.05, 3.63) is 47.8 Å². The van der Waals surface area contributed by atoms with E-state index in [2.05, 4.69) is 38.2 Å². The number of hydrogen-bond donors (Lipinski definition) is 0. The minimum Gasteiger partial charge on any atom is -0.207 e. The highest BCUT2D eigenvalue weighted by Gasteiger charge is 2.37. The molecule has 0 spiro atoms. The highest BCUT2D eigenvalue weighted by Crippen LogP contribution is 2.29. The highest BCUT2D eigenvalue weighted by molar-refractivity contribution is 7.03. The van der Waals surface area contributed by atoms with Gasteiger partial charge in [-0.1, -0.05) is 42.9 Å².